The van der Waals surface area contributed by atoms with Crippen LogP contribution in [0.2, 0.25) is 0 Å². The van der Waals surface area contributed by atoms with Crippen LogP contribution in [0.15, 0.2) is 0 Å². The third kappa shape index (κ3) is 16.3. The summed E-state index contributed by atoms with van der Waals surface area (Å²) < 4.78 is 0. The number of rotatable bonds is 18. The summed E-state index contributed by atoms with van der Waals surface area (Å²) in [6, 6.07) is 0. The minimum absolute atomic E-state index is 0.157. The van der Waals surface area contributed by atoms with Gasteiger partial charge in [-0.05, 0) is 0 Å². The van der Waals surface area contributed by atoms with Gasteiger partial charge in [0.05, 0.1) is 58.9 Å². The van der Waals surface area contributed by atoms with E-state index in [0.717, 1.165) is 34.3 Å². The summed E-state index contributed by atoms with van der Waals surface area (Å²) in [6.45, 7) is -1.71. The van der Waals surface area contributed by atoms with Crippen molar-refractivity contribution in [2.45, 2.75) is 6.92 Å². The Bertz CT molecular complexity index is 1340. The minimum atomic E-state index is -0.593. The standard InChI is InChI=1S/C31H54N10O10/c1-22(42)33(4)14-24(44)35(6)16-26(46)37(8)18-28(48)39(10)20-30(50)41(12)21-31(51)40(11)19-29(49)38(9)17-27(47)36(7)15-25(45)34(5)13-23(43)32(2)3/h13-21H2,1-12H3. The van der Waals surface area contributed by atoms with Gasteiger partial charge in [0.25, 0.3) is 0 Å². The largest absolute Gasteiger partial charge is 0.347 e. The Hall–Kier alpha value is -5.30. The van der Waals surface area contributed by atoms with E-state index in [1.54, 1.807) is 14.1 Å². The fraction of sp³-hybridized carbons (Fsp3) is 0.677. The van der Waals surface area contributed by atoms with Crippen LogP contribution in [0, 0.1) is 0 Å². The number of hydrogen-bond donors (Lipinski definition) is 0. The summed E-state index contributed by atoms with van der Waals surface area (Å²) in [4.78, 5) is 135. The molecule has 20 heteroatoms. The summed E-state index contributed by atoms with van der Waals surface area (Å²) in [5.41, 5.74) is 0. The summed E-state index contributed by atoms with van der Waals surface area (Å²) in [5, 5.41) is 0. The van der Waals surface area contributed by atoms with Crippen molar-refractivity contribution in [3.05, 3.63) is 0 Å². The van der Waals surface area contributed by atoms with E-state index in [0.29, 0.717) is 0 Å². The van der Waals surface area contributed by atoms with Crippen molar-refractivity contribution in [2.75, 3.05) is 136 Å². The second kappa shape index (κ2) is 21.0. The second-order valence-electron chi connectivity index (χ2n) is 12.7. The molecule has 20 nitrogen and oxygen atoms in total. The lowest BCUT2D eigenvalue weighted by atomic mass is 10.3. The van der Waals surface area contributed by atoms with E-state index in [2.05, 4.69) is 0 Å². The van der Waals surface area contributed by atoms with Gasteiger partial charge in [-0.25, -0.2) is 0 Å². The van der Waals surface area contributed by atoms with Crippen LogP contribution in [0.1, 0.15) is 6.92 Å². The molecule has 0 aromatic heterocycles. The van der Waals surface area contributed by atoms with Gasteiger partial charge in [-0.15, -0.1) is 0 Å². The Balaban J connectivity index is 4.85. The molecule has 0 unspecified atom stereocenters. The van der Waals surface area contributed by atoms with Gasteiger partial charge in [-0.2, -0.15) is 0 Å². The minimum Gasteiger partial charge on any atom is -0.347 e. The van der Waals surface area contributed by atoms with E-state index >= 15 is 0 Å². The Morgan fingerprint density at radius 2 is 0.392 bits per heavy atom. The Labute approximate surface area is 299 Å². The monoisotopic (exact) mass is 726 g/mol. The Morgan fingerprint density at radius 1 is 0.255 bits per heavy atom. The molecule has 0 bridgehead atoms. The van der Waals surface area contributed by atoms with E-state index < -0.39 is 66.9 Å². The molecule has 0 N–H and O–H groups in total. The first-order chi connectivity index (χ1) is 23.4. The molecule has 0 saturated heterocycles. The van der Waals surface area contributed by atoms with E-state index in [9.17, 15) is 47.9 Å². The molecule has 0 atom stereocenters. The number of carbonyl (C=O) groups is 10. The van der Waals surface area contributed by atoms with Crippen molar-refractivity contribution in [1.82, 2.24) is 49.0 Å². The zero-order valence-corrected chi connectivity index (χ0v) is 31.9. The molecule has 51 heavy (non-hydrogen) atoms. The van der Waals surface area contributed by atoms with Crippen LogP contribution in [-0.2, 0) is 47.9 Å². The Kier molecular flexibility index (Phi) is 18.9. The highest BCUT2D eigenvalue weighted by Gasteiger charge is 2.25. The number of amides is 10. The topological polar surface area (TPSA) is 203 Å². The summed E-state index contributed by atoms with van der Waals surface area (Å²) >= 11 is 0. The second-order valence-corrected chi connectivity index (χ2v) is 12.7. The van der Waals surface area contributed by atoms with Crippen LogP contribution in [0.25, 0.3) is 0 Å². The van der Waals surface area contributed by atoms with Gasteiger partial charge >= 0.3 is 0 Å². The smallest absolute Gasteiger partial charge is 0.242 e. The van der Waals surface area contributed by atoms with Crippen LogP contribution in [-0.4, -0.2) is 244 Å². The molecule has 0 fully saturated rings. The SMILES string of the molecule is CC(=O)N(C)CC(=O)N(C)CC(=O)N(C)CC(=O)N(C)CC(=O)N(C)CC(=O)N(C)CC(=O)N(C)CC(=O)N(C)CC(=O)N(C)CC(=O)N(C)C. The van der Waals surface area contributed by atoms with Gasteiger partial charge in [0.1, 0.15) is 0 Å². The maximum Gasteiger partial charge on any atom is 0.242 e. The van der Waals surface area contributed by atoms with Gasteiger partial charge in [0.2, 0.25) is 59.1 Å². The first kappa shape index (κ1) is 45.7. The molecular weight excluding hydrogens is 672 g/mol. The van der Waals surface area contributed by atoms with Crippen LogP contribution < -0.4 is 0 Å². The van der Waals surface area contributed by atoms with E-state index in [1.165, 1.54) is 85.1 Å². The highest BCUT2D eigenvalue weighted by Crippen LogP contribution is 2.00. The molecule has 288 valence electrons. The molecule has 0 heterocycles. The number of likely N-dealkylation sites (N-methyl/N-ethyl adjacent to an activating group) is 10. The number of nitrogens with zero attached hydrogens (tertiary/aromatic N) is 10. The fourth-order valence-electron chi connectivity index (χ4n) is 3.75. The molecule has 0 aliphatic rings. The molecule has 0 spiro atoms. The zero-order valence-electron chi connectivity index (χ0n) is 31.9. The van der Waals surface area contributed by atoms with Crippen molar-refractivity contribution in [2.24, 2.45) is 0 Å². The molecule has 0 radical (unpaired) electrons. The average Bonchev–Trinajstić information content (AvgIpc) is 3.03. The maximum absolute atomic E-state index is 12.8. The average molecular weight is 727 g/mol. The summed E-state index contributed by atoms with van der Waals surface area (Å²) in [7, 11) is 15.5. The summed E-state index contributed by atoms with van der Waals surface area (Å²) in [5.74, 6) is -4.97. The van der Waals surface area contributed by atoms with E-state index in [-0.39, 0.29) is 51.1 Å². The molecule has 0 saturated carbocycles. The highest BCUT2D eigenvalue weighted by molar-refractivity contribution is 5.93. The van der Waals surface area contributed by atoms with Gasteiger partial charge < -0.3 is 49.0 Å². The van der Waals surface area contributed by atoms with Gasteiger partial charge in [0, 0.05) is 84.4 Å². The molecule has 0 rings (SSSR count). The van der Waals surface area contributed by atoms with Crippen molar-refractivity contribution in [1.29, 1.82) is 0 Å². The highest BCUT2D eigenvalue weighted by atomic mass is 16.2. The third-order valence-electron chi connectivity index (χ3n) is 7.79. The first-order valence-corrected chi connectivity index (χ1v) is 15.7. The fourth-order valence-corrected chi connectivity index (χ4v) is 3.75. The molecule has 0 aliphatic carbocycles. The lowest BCUT2D eigenvalue weighted by molar-refractivity contribution is -0.146. The Morgan fingerprint density at radius 3 is 0.529 bits per heavy atom. The van der Waals surface area contributed by atoms with Crippen molar-refractivity contribution >= 4 is 59.1 Å². The van der Waals surface area contributed by atoms with Gasteiger partial charge in [-0.3, -0.25) is 47.9 Å². The number of carbonyl (C=O) groups excluding carboxylic acids is 10. The third-order valence-corrected chi connectivity index (χ3v) is 7.79. The quantitative estimate of drug-likeness (QED) is 0.132. The predicted molar refractivity (Wildman–Crippen MR) is 183 cm³/mol. The molecule has 0 aliphatic heterocycles. The molecular formula is C31H54N10O10. The van der Waals surface area contributed by atoms with Crippen LogP contribution in [0.3, 0.4) is 0 Å². The molecule has 0 aromatic carbocycles. The lowest BCUT2D eigenvalue weighted by Gasteiger charge is -2.27. The molecule has 10 amide bonds. The van der Waals surface area contributed by atoms with Gasteiger partial charge in [-0.1, -0.05) is 0 Å². The van der Waals surface area contributed by atoms with Crippen molar-refractivity contribution < 1.29 is 47.9 Å². The molecule has 0 aromatic rings. The normalized spacial score (nSPS) is 10.3. The van der Waals surface area contributed by atoms with Gasteiger partial charge in [0.15, 0.2) is 0 Å². The first-order valence-electron chi connectivity index (χ1n) is 15.7. The lowest BCUT2D eigenvalue weighted by Crippen LogP contribution is -2.49. The predicted octanol–water partition coefficient (Wildman–Crippen LogP) is -4.78. The number of hydrogen-bond acceptors (Lipinski definition) is 10. The zero-order chi connectivity index (χ0) is 39.9. The van der Waals surface area contributed by atoms with Crippen LogP contribution >= 0.6 is 0 Å². The van der Waals surface area contributed by atoms with Crippen molar-refractivity contribution in [3.8, 4) is 0 Å². The summed E-state index contributed by atoms with van der Waals surface area (Å²) in [6.07, 6.45) is 0. The van der Waals surface area contributed by atoms with Crippen LogP contribution in [0.4, 0.5) is 0 Å². The van der Waals surface area contributed by atoms with Crippen molar-refractivity contribution in [3.63, 3.8) is 0 Å². The van der Waals surface area contributed by atoms with E-state index in [1.807, 2.05) is 0 Å². The van der Waals surface area contributed by atoms with Crippen LogP contribution in [0.5, 0.6) is 0 Å². The van der Waals surface area contributed by atoms with E-state index in [4.69, 9.17) is 0 Å². The maximum atomic E-state index is 12.8.